The zero-order valence-electron chi connectivity index (χ0n) is 15.2. The molecule has 0 bridgehead atoms. The number of para-hydroxylation sites is 1. The quantitative estimate of drug-likeness (QED) is 0.742. The predicted molar refractivity (Wildman–Crippen MR) is 101 cm³/mol. The number of hydrogen-bond donors (Lipinski definition) is 2. The van der Waals surface area contributed by atoms with E-state index in [2.05, 4.69) is 24.5 Å². The average molecular weight is 342 g/mol. The van der Waals surface area contributed by atoms with Crippen LogP contribution < -0.4 is 10.6 Å². The normalized spacial score (nSPS) is 12.2. The van der Waals surface area contributed by atoms with Crippen molar-refractivity contribution in [3.8, 4) is 0 Å². The molecular weight excluding hydrogens is 315 g/mol. The Morgan fingerprint density at radius 1 is 1.04 bits per heavy atom. The Kier molecular flexibility index (Phi) is 7.14. The summed E-state index contributed by atoms with van der Waals surface area (Å²) in [4.78, 5) is 12.3. The summed E-state index contributed by atoms with van der Waals surface area (Å²) in [5.74, 6) is 0.154. The van der Waals surface area contributed by atoms with Crippen LogP contribution in [-0.2, 0) is 11.2 Å². The van der Waals surface area contributed by atoms with Gasteiger partial charge in [0.25, 0.3) is 0 Å². The van der Waals surface area contributed by atoms with Crippen molar-refractivity contribution >= 4 is 11.6 Å². The molecule has 0 heterocycles. The molecule has 134 valence electrons. The minimum absolute atomic E-state index is 0.00915. The molecule has 1 unspecified atom stereocenters. The lowest BCUT2D eigenvalue weighted by molar-refractivity contribution is -0.116. The maximum atomic E-state index is 12.9. The molecule has 0 aliphatic heterocycles. The number of hydrogen-bond acceptors (Lipinski definition) is 2. The van der Waals surface area contributed by atoms with Gasteiger partial charge in [-0.3, -0.25) is 4.79 Å². The molecule has 3 nitrogen and oxygen atoms in total. The van der Waals surface area contributed by atoms with Gasteiger partial charge in [0.05, 0.1) is 0 Å². The highest BCUT2D eigenvalue weighted by molar-refractivity contribution is 5.91. The van der Waals surface area contributed by atoms with Crippen molar-refractivity contribution < 1.29 is 9.18 Å². The maximum Gasteiger partial charge on any atom is 0.225 e. The molecule has 0 saturated carbocycles. The number of anilines is 1. The van der Waals surface area contributed by atoms with E-state index in [1.165, 1.54) is 12.1 Å². The molecule has 2 rings (SSSR count). The lowest BCUT2D eigenvalue weighted by Crippen LogP contribution is -2.32. The second-order valence-electron chi connectivity index (χ2n) is 6.73. The molecule has 0 spiro atoms. The third-order valence-electron chi connectivity index (χ3n) is 4.17. The van der Waals surface area contributed by atoms with E-state index in [4.69, 9.17) is 0 Å². The first kappa shape index (κ1) is 19.1. The Balaban J connectivity index is 1.77. The average Bonchev–Trinajstić information content (AvgIpc) is 2.57. The van der Waals surface area contributed by atoms with Gasteiger partial charge in [-0.15, -0.1) is 0 Å². The first-order chi connectivity index (χ1) is 12.0. The molecule has 0 radical (unpaired) electrons. The van der Waals surface area contributed by atoms with E-state index in [0.29, 0.717) is 12.3 Å². The van der Waals surface area contributed by atoms with E-state index >= 15 is 0 Å². The number of nitrogens with one attached hydrogen (secondary N) is 2. The van der Waals surface area contributed by atoms with Gasteiger partial charge >= 0.3 is 0 Å². The summed E-state index contributed by atoms with van der Waals surface area (Å²) < 4.78 is 12.9. The zero-order chi connectivity index (χ0) is 18.2. The first-order valence-corrected chi connectivity index (χ1v) is 8.82. The van der Waals surface area contributed by atoms with Gasteiger partial charge in [0.1, 0.15) is 5.82 Å². The maximum absolute atomic E-state index is 12.9. The summed E-state index contributed by atoms with van der Waals surface area (Å²) in [5, 5.41) is 6.36. The second-order valence-corrected chi connectivity index (χ2v) is 6.73. The standard InChI is InChI=1S/C21H27FN2O/c1-15(2)19-6-4-5-7-20(19)24-21(25)14-16(3)23-13-12-17-8-10-18(22)11-9-17/h4-11,15-16,23H,12-14H2,1-3H3,(H,24,25). The van der Waals surface area contributed by atoms with Crippen molar-refractivity contribution in [3.63, 3.8) is 0 Å². The number of benzene rings is 2. The number of carbonyl (C=O) groups excluding carboxylic acids is 1. The van der Waals surface area contributed by atoms with Crippen LogP contribution in [0, 0.1) is 5.82 Å². The lowest BCUT2D eigenvalue weighted by Gasteiger charge is -2.16. The van der Waals surface area contributed by atoms with Gasteiger partial charge in [-0.25, -0.2) is 4.39 Å². The lowest BCUT2D eigenvalue weighted by atomic mass is 10.0. The fourth-order valence-corrected chi connectivity index (χ4v) is 2.78. The molecule has 0 fully saturated rings. The van der Waals surface area contributed by atoms with Crippen LogP contribution in [-0.4, -0.2) is 18.5 Å². The summed E-state index contributed by atoms with van der Waals surface area (Å²) in [6, 6.07) is 14.5. The fraction of sp³-hybridized carbons (Fsp3) is 0.381. The van der Waals surface area contributed by atoms with Crippen molar-refractivity contribution in [2.24, 2.45) is 0 Å². The Hall–Kier alpha value is -2.20. The van der Waals surface area contributed by atoms with Crippen molar-refractivity contribution in [1.82, 2.24) is 5.32 Å². The van der Waals surface area contributed by atoms with Gasteiger partial charge in [-0.1, -0.05) is 44.2 Å². The van der Waals surface area contributed by atoms with Crippen LogP contribution >= 0.6 is 0 Å². The molecule has 2 N–H and O–H groups in total. The predicted octanol–water partition coefficient (Wildman–Crippen LogP) is 4.50. The minimum Gasteiger partial charge on any atom is -0.326 e. The number of halogens is 1. The largest absolute Gasteiger partial charge is 0.326 e. The SMILES string of the molecule is CC(CC(=O)Nc1ccccc1C(C)C)NCCc1ccc(F)cc1. The van der Waals surface area contributed by atoms with Crippen molar-refractivity contribution in [1.29, 1.82) is 0 Å². The van der Waals surface area contributed by atoms with Crippen LogP contribution in [0.15, 0.2) is 48.5 Å². The number of rotatable bonds is 8. The topological polar surface area (TPSA) is 41.1 Å². The van der Waals surface area contributed by atoms with E-state index in [1.807, 2.05) is 31.2 Å². The highest BCUT2D eigenvalue weighted by Gasteiger charge is 2.12. The summed E-state index contributed by atoms with van der Waals surface area (Å²) >= 11 is 0. The first-order valence-electron chi connectivity index (χ1n) is 8.82. The van der Waals surface area contributed by atoms with Gasteiger partial charge < -0.3 is 10.6 Å². The molecular formula is C21H27FN2O. The Bertz CT molecular complexity index is 683. The molecule has 0 aromatic heterocycles. The molecule has 1 amide bonds. The molecule has 4 heteroatoms. The van der Waals surface area contributed by atoms with Crippen molar-refractivity contribution in [3.05, 3.63) is 65.5 Å². The van der Waals surface area contributed by atoms with Gasteiger partial charge in [0.15, 0.2) is 0 Å². The van der Waals surface area contributed by atoms with Gasteiger partial charge in [0.2, 0.25) is 5.91 Å². The third kappa shape index (κ3) is 6.31. The Morgan fingerprint density at radius 3 is 2.40 bits per heavy atom. The highest BCUT2D eigenvalue weighted by Crippen LogP contribution is 2.23. The van der Waals surface area contributed by atoms with Crippen molar-refractivity contribution in [2.45, 2.75) is 45.6 Å². The van der Waals surface area contributed by atoms with Crippen LogP contribution in [0.25, 0.3) is 0 Å². The molecule has 0 saturated heterocycles. The van der Waals surface area contributed by atoms with E-state index in [-0.39, 0.29) is 17.8 Å². The highest BCUT2D eigenvalue weighted by atomic mass is 19.1. The second kappa shape index (κ2) is 9.33. The molecule has 1 atom stereocenters. The zero-order valence-corrected chi connectivity index (χ0v) is 15.2. The number of carbonyl (C=O) groups is 1. The fourth-order valence-electron chi connectivity index (χ4n) is 2.78. The van der Waals surface area contributed by atoms with Gasteiger partial charge in [0, 0.05) is 18.2 Å². The monoisotopic (exact) mass is 342 g/mol. The van der Waals surface area contributed by atoms with E-state index < -0.39 is 0 Å². The minimum atomic E-state index is -0.219. The molecule has 2 aromatic rings. The molecule has 0 aliphatic rings. The molecule has 0 aliphatic carbocycles. The van der Waals surface area contributed by atoms with Crippen LogP contribution in [0.1, 0.15) is 44.2 Å². The van der Waals surface area contributed by atoms with Crippen LogP contribution in [0.2, 0.25) is 0 Å². The van der Waals surface area contributed by atoms with Gasteiger partial charge in [-0.05, 0) is 55.1 Å². The van der Waals surface area contributed by atoms with Crippen molar-refractivity contribution in [2.75, 3.05) is 11.9 Å². The summed E-state index contributed by atoms with van der Waals surface area (Å²) in [7, 11) is 0. The van der Waals surface area contributed by atoms with Crippen LogP contribution in [0.3, 0.4) is 0 Å². The summed E-state index contributed by atoms with van der Waals surface area (Å²) in [5.41, 5.74) is 3.12. The Morgan fingerprint density at radius 2 is 1.72 bits per heavy atom. The molecule has 2 aromatic carbocycles. The summed E-state index contributed by atoms with van der Waals surface area (Å²) in [6.45, 7) is 6.98. The number of amides is 1. The Labute approximate surface area is 149 Å². The smallest absolute Gasteiger partial charge is 0.225 e. The van der Waals surface area contributed by atoms with Gasteiger partial charge in [-0.2, -0.15) is 0 Å². The third-order valence-corrected chi connectivity index (χ3v) is 4.17. The van der Waals surface area contributed by atoms with E-state index in [1.54, 1.807) is 12.1 Å². The summed E-state index contributed by atoms with van der Waals surface area (Å²) in [6.07, 6.45) is 1.22. The van der Waals surface area contributed by atoms with Crippen LogP contribution in [0.5, 0.6) is 0 Å². The van der Waals surface area contributed by atoms with E-state index in [0.717, 1.165) is 29.8 Å². The van der Waals surface area contributed by atoms with E-state index in [9.17, 15) is 9.18 Å². The van der Waals surface area contributed by atoms with Crippen LogP contribution in [0.4, 0.5) is 10.1 Å². The molecule has 25 heavy (non-hydrogen) atoms.